The molecule has 10 heteroatoms. The van der Waals surface area contributed by atoms with E-state index in [9.17, 15) is 27.9 Å². The lowest BCUT2D eigenvalue weighted by molar-refractivity contribution is 0.280. The fourth-order valence-corrected chi connectivity index (χ4v) is 4.78. The van der Waals surface area contributed by atoms with Crippen molar-refractivity contribution >= 4 is 31.9 Å². The molecule has 0 spiro atoms. The number of nitrogens with zero attached hydrogens (tertiary/aromatic N) is 2. The molecule has 0 aliphatic carbocycles. The predicted molar refractivity (Wildman–Crippen MR) is 148 cm³/mol. The van der Waals surface area contributed by atoms with Gasteiger partial charge in [0.25, 0.3) is 11.1 Å². The van der Waals surface area contributed by atoms with Crippen LogP contribution in [0.15, 0.2) is 91.6 Å². The third-order valence-corrected chi connectivity index (χ3v) is 7.12. The molecule has 5 nitrogen and oxygen atoms in total. The molecule has 38 heavy (non-hydrogen) atoms. The molecule has 4 aromatic rings. The van der Waals surface area contributed by atoms with Crippen molar-refractivity contribution in [1.29, 1.82) is 0 Å². The molecule has 2 atom stereocenters. The van der Waals surface area contributed by atoms with Crippen LogP contribution < -0.4 is 11.1 Å². The quantitative estimate of drug-likeness (QED) is 0.253. The molecule has 2 heterocycles. The highest BCUT2D eigenvalue weighted by molar-refractivity contribution is 9.10. The van der Waals surface area contributed by atoms with Gasteiger partial charge in [-0.05, 0) is 98.8 Å². The molecule has 200 valence electrons. The standard InChI is InChI=1S/C14H12BrF2NO.C14H13BrFNO2/c1-9(11-2-4-12(17)5-3-11)18-8-10(7-16)6-13(15)14(18)19;1-9(11-2-4-12(16)5-3-11)17-7-10(8-18)6-13(15)14(17)19/h2-6,8-9H,7H2,1H3;2-7,9,18H,8H2,1H3/t2*9-/m00/s1. The SMILES string of the molecule is C[C@@H](c1ccc(F)cc1)n1cc(CF)cc(Br)c1=O.C[C@@H](c1ccc(F)cc1)n1cc(CO)cc(Br)c1=O. The Morgan fingerprint density at radius 1 is 0.737 bits per heavy atom. The van der Waals surface area contributed by atoms with Crippen LogP contribution in [0.1, 0.15) is 48.2 Å². The zero-order valence-corrected chi connectivity index (χ0v) is 23.7. The van der Waals surface area contributed by atoms with Crippen molar-refractivity contribution in [2.45, 2.75) is 39.2 Å². The van der Waals surface area contributed by atoms with Gasteiger partial charge in [-0.3, -0.25) is 9.59 Å². The van der Waals surface area contributed by atoms with Gasteiger partial charge in [-0.25, -0.2) is 13.2 Å². The molecule has 1 N–H and O–H groups in total. The Labute approximate surface area is 234 Å². The van der Waals surface area contributed by atoms with Crippen LogP contribution >= 0.6 is 31.9 Å². The summed E-state index contributed by atoms with van der Waals surface area (Å²) in [5, 5.41) is 9.18. The second kappa shape index (κ2) is 13.2. The highest BCUT2D eigenvalue weighted by Crippen LogP contribution is 2.20. The maximum absolute atomic E-state index is 12.9. The first-order chi connectivity index (χ1) is 18.0. The van der Waals surface area contributed by atoms with E-state index in [0.29, 0.717) is 20.1 Å². The first-order valence-electron chi connectivity index (χ1n) is 11.5. The Kier molecular flexibility index (Phi) is 10.3. The minimum absolute atomic E-state index is 0.144. The third kappa shape index (κ3) is 7.12. The van der Waals surface area contributed by atoms with Crippen LogP contribution in [0.3, 0.4) is 0 Å². The summed E-state index contributed by atoms with van der Waals surface area (Å²) in [7, 11) is 0. The second-order valence-electron chi connectivity index (χ2n) is 8.56. The number of hydrogen-bond donors (Lipinski definition) is 1. The number of alkyl halides is 1. The van der Waals surface area contributed by atoms with Crippen molar-refractivity contribution in [2.24, 2.45) is 0 Å². The number of halogens is 5. The third-order valence-electron chi connectivity index (χ3n) is 5.99. The molecule has 0 radical (unpaired) electrons. The minimum atomic E-state index is -0.644. The zero-order chi connectivity index (χ0) is 28.0. The van der Waals surface area contributed by atoms with Crippen molar-refractivity contribution in [1.82, 2.24) is 9.13 Å². The van der Waals surface area contributed by atoms with Gasteiger partial charge >= 0.3 is 0 Å². The van der Waals surface area contributed by atoms with Gasteiger partial charge in [0.2, 0.25) is 0 Å². The van der Waals surface area contributed by atoms with Crippen molar-refractivity contribution in [3.8, 4) is 0 Å². The highest BCUT2D eigenvalue weighted by atomic mass is 79.9. The fraction of sp³-hybridized carbons (Fsp3) is 0.214. The summed E-state index contributed by atoms with van der Waals surface area (Å²) in [4.78, 5) is 24.1. The van der Waals surface area contributed by atoms with Crippen LogP contribution in [-0.4, -0.2) is 14.2 Å². The second-order valence-corrected chi connectivity index (χ2v) is 10.3. The van der Waals surface area contributed by atoms with Gasteiger partial charge in [-0.1, -0.05) is 24.3 Å². The maximum atomic E-state index is 12.9. The Morgan fingerprint density at radius 2 is 1.11 bits per heavy atom. The van der Waals surface area contributed by atoms with Gasteiger partial charge < -0.3 is 14.2 Å². The van der Waals surface area contributed by atoms with E-state index in [0.717, 1.165) is 11.1 Å². The number of aliphatic hydroxyl groups excluding tert-OH is 1. The molecule has 0 aliphatic heterocycles. The Balaban J connectivity index is 0.000000211. The number of benzene rings is 2. The smallest absolute Gasteiger partial charge is 0.265 e. The van der Waals surface area contributed by atoms with Crippen LogP contribution in [0.4, 0.5) is 13.2 Å². The summed E-state index contributed by atoms with van der Waals surface area (Å²) in [5.41, 5.74) is 2.24. The zero-order valence-electron chi connectivity index (χ0n) is 20.5. The molecule has 0 amide bonds. The van der Waals surface area contributed by atoms with Gasteiger partial charge in [0.15, 0.2) is 0 Å². The van der Waals surface area contributed by atoms with Crippen LogP contribution in [0, 0.1) is 11.6 Å². The topological polar surface area (TPSA) is 64.2 Å². The van der Waals surface area contributed by atoms with Crippen LogP contribution in [0.25, 0.3) is 0 Å². The van der Waals surface area contributed by atoms with Gasteiger partial charge in [-0.15, -0.1) is 0 Å². The summed E-state index contributed by atoms with van der Waals surface area (Å²) in [5.74, 6) is -0.643. The molecule has 4 rings (SSSR count). The van der Waals surface area contributed by atoms with E-state index < -0.39 is 6.67 Å². The molecular formula is C28H25Br2F3N2O3. The molecule has 0 saturated carbocycles. The van der Waals surface area contributed by atoms with E-state index in [1.165, 1.54) is 45.7 Å². The van der Waals surface area contributed by atoms with Crippen LogP contribution in [0.2, 0.25) is 0 Å². The highest BCUT2D eigenvalue weighted by Gasteiger charge is 2.14. The monoisotopic (exact) mass is 652 g/mol. The molecule has 0 unspecified atom stereocenters. The molecule has 2 aromatic carbocycles. The van der Waals surface area contributed by atoms with Crippen LogP contribution in [-0.2, 0) is 13.3 Å². The van der Waals surface area contributed by atoms with E-state index in [2.05, 4.69) is 31.9 Å². The van der Waals surface area contributed by atoms with E-state index in [-0.39, 0.29) is 41.4 Å². The average molecular weight is 654 g/mol. The Bertz CT molecular complexity index is 1390. The van der Waals surface area contributed by atoms with Crippen molar-refractivity contribution < 1.29 is 18.3 Å². The number of hydrogen-bond acceptors (Lipinski definition) is 3. The number of rotatable bonds is 6. The molecule has 2 aromatic heterocycles. The summed E-state index contributed by atoms with van der Waals surface area (Å²) < 4.78 is 42.2. The summed E-state index contributed by atoms with van der Waals surface area (Å²) >= 11 is 6.32. The molecule has 0 bridgehead atoms. The lowest BCUT2D eigenvalue weighted by Crippen LogP contribution is -2.24. The minimum Gasteiger partial charge on any atom is -0.392 e. The largest absolute Gasteiger partial charge is 0.392 e. The van der Waals surface area contributed by atoms with Gasteiger partial charge in [0.05, 0.1) is 27.6 Å². The number of pyridine rings is 2. The van der Waals surface area contributed by atoms with Crippen molar-refractivity contribution in [3.63, 3.8) is 0 Å². The average Bonchev–Trinajstić information content (AvgIpc) is 2.92. The molecular weight excluding hydrogens is 629 g/mol. The van der Waals surface area contributed by atoms with E-state index in [1.807, 2.05) is 13.8 Å². The maximum Gasteiger partial charge on any atom is 0.265 e. The summed E-state index contributed by atoms with van der Waals surface area (Å²) in [6.07, 6.45) is 3.10. The Morgan fingerprint density at radius 3 is 1.47 bits per heavy atom. The van der Waals surface area contributed by atoms with E-state index >= 15 is 0 Å². The van der Waals surface area contributed by atoms with Gasteiger partial charge in [0, 0.05) is 18.0 Å². The fourth-order valence-electron chi connectivity index (χ4n) is 3.78. The predicted octanol–water partition coefficient (Wildman–Crippen LogP) is 6.68. The molecule has 0 fully saturated rings. The lowest BCUT2D eigenvalue weighted by Gasteiger charge is -2.17. The number of aliphatic hydroxyl groups is 1. The summed E-state index contributed by atoms with van der Waals surface area (Å²) in [6.45, 7) is 2.87. The van der Waals surface area contributed by atoms with E-state index in [1.54, 1.807) is 36.5 Å². The Hall–Kier alpha value is -2.95. The number of aromatic nitrogens is 2. The van der Waals surface area contributed by atoms with Gasteiger partial charge in [-0.2, -0.15) is 0 Å². The van der Waals surface area contributed by atoms with Crippen molar-refractivity contribution in [2.75, 3.05) is 0 Å². The first-order valence-corrected chi connectivity index (χ1v) is 13.1. The van der Waals surface area contributed by atoms with Crippen LogP contribution in [0.5, 0.6) is 0 Å². The van der Waals surface area contributed by atoms with E-state index in [4.69, 9.17) is 0 Å². The van der Waals surface area contributed by atoms with Gasteiger partial charge in [0.1, 0.15) is 18.3 Å². The summed E-state index contributed by atoms with van der Waals surface area (Å²) in [6, 6.07) is 14.4. The molecule has 0 saturated heterocycles. The first kappa shape index (κ1) is 29.6. The van der Waals surface area contributed by atoms with Crippen molar-refractivity contribution in [3.05, 3.63) is 137 Å². The lowest BCUT2D eigenvalue weighted by atomic mass is 10.1. The normalized spacial score (nSPS) is 12.4. The molecule has 0 aliphatic rings.